The van der Waals surface area contributed by atoms with E-state index >= 15 is 0 Å². The normalized spacial score (nSPS) is 35.2. The molecule has 6 heteroatoms. The number of ether oxygens (including phenoxy) is 1. The van der Waals surface area contributed by atoms with Crippen LogP contribution in [0.5, 0.6) is 0 Å². The molecule has 0 saturated carbocycles. The average Bonchev–Trinajstić information content (AvgIpc) is 2.62. The Kier molecular flexibility index (Phi) is 3.82. The highest BCUT2D eigenvalue weighted by Gasteiger charge is 2.70. The quantitative estimate of drug-likeness (QED) is 0.562. The predicted octanol–water partition coefficient (Wildman–Crippen LogP) is 4.36. The van der Waals surface area contributed by atoms with Crippen molar-refractivity contribution in [1.29, 1.82) is 0 Å². The molecule has 1 saturated heterocycles. The third-order valence-corrected chi connectivity index (χ3v) is 5.45. The number of hydrogen-bond acceptors (Lipinski definition) is 2. The molecule has 0 aromatic carbocycles. The van der Waals surface area contributed by atoms with E-state index in [1.165, 1.54) is 0 Å². The molecule has 0 aliphatic carbocycles. The van der Waals surface area contributed by atoms with Crippen molar-refractivity contribution in [2.24, 2.45) is 0 Å². The summed E-state index contributed by atoms with van der Waals surface area (Å²) < 4.78 is 2.30. The number of rotatable bonds is 3. The van der Waals surface area contributed by atoms with Crippen LogP contribution in [0.3, 0.4) is 0 Å². The number of fused-ring (bicyclic) bond motifs is 2. The Labute approximate surface area is 132 Å². The molecule has 2 aliphatic rings. The van der Waals surface area contributed by atoms with E-state index < -0.39 is 26.2 Å². The molecule has 0 spiro atoms. The molecule has 0 unspecified atom stereocenters. The molecule has 0 radical (unpaired) electrons. The Morgan fingerprint density at radius 2 is 2.00 bits per heavy atom. The van der Waals surface area contributed by atoms with E-state index in [2.05, 4.69) is 6.58 Å². The minimum absolute atomic E-state index is 0.462. The number of Topliss-reactive ketones (excluding diaryl/α,β-unsaturated/α-hetero) is 1. The van der Waals surface area contributed by atoms with Gasteiger partial charge in [0.2, 0.25) is 14.4 Å². The Balaban J connectivity index is 2.47. The number of hydrogen-bond donors (Lipinski definition) is 0. The van der Waals surface area contributed by atoms with Crippen molar-refractivity contribution in [3.05, 3.63) is 23.8 Å². The summed E-state index contributed by atoms with van der Waals surface area (Å²) in [5.74, 6) is -0.627. The molecule has 1 fully saturated rings. The molecular weight excluding hydrogens is 330 g/mol. The Hall–Kier alpha value is 0.270. The fourth-order valence-electron chi connectivity index (χ4n) is 2.53. The van der Waals surface area contributed by atoms with Crippen LogP contribution in [0.1, 0.15) is 26.7 Å². The molecule has 0 N–H and O–H groups in total. The number of carbonyl (C=O) groups is 1. The van der Waals surface area contributed by atoms with Gasteiger partial charge in [-0.25, -0.2) is 0 Å². The van der Waals surface area contributed by atoms with Crippen LogP contribution in [0.25, 0.3) is 0 Å². The summed E-state index contributed by atoms with van der Waals surface area (Å²) in [7, 11) is 0. The van der Waals surface area contributed by atoms with Gasteiger partial charge in [-0.2, -0.15) is 0 Å². The van der Waals surface area contributed by atoms with Crippen molar-refractivity contribution in [2.45, 2.75) is 47.1 Å². The number of alkyl halides is 4. The highest BCUT2D eigenvalue weighted by molar-refractivity contribution is 6.70. The van der Waals surface area contributed by atoms with E-state index in [1.54, 1.807) is 6.08 Å². The van der Waals surface area contributed by atoms with E-state index in [0.29, 0.717) is 12.8 Å². The predicted molar refractivity (Wildman–Crippen MR) is 79.3 cm³/mol. The lowest BCUT2D eigenvalue weighted by Crippen LogP contribution is -2.64. The topological polar surface area (TPSA) is 26.3 Å². The smallest absolute Gasteiger partial charge is 0.211 e. The lowest BCUT2D eigenvalue weighted by Gasteiger charge is -2.47. The first-order chi connectivity index (χ1) is 8.55. The summed E-state index contributed by atoms with van der Waals surface area (Å²) in [5, 5.41) is 0. The molecule has 2 rings (SSSR count). The number of ketones is 1. The van der Waals surface area contributed by atoms with Crippen LogP contribution in [0.4, 0.5) is 0 Å². The molecule has 2 aliphatic heterocycles. The zero-order valence-electron chi connectivity index (χ0n) is 10.6. The van der Waals surface area contributed by atoms with Crippen LogP contribution >= 0.6 is 46.4 Å². The molecule has 0 aromatic heterocycles. The van der Waals surface area contributed by atoms with E-state index in [4.69, 9.17) is 51.1 Å². The van der Waals surface area contributed by atoms with Gasteiger partial charge in [0.15, 0.2) is 0 Å². The first kappa shape index (κ1) is 15.7. The van der Waals surface area contributed by atoms with Crippen LogP contribution in [-0.4, -0.2) is 26.2 Å². The molecule has 2 bridgehead atoms. The molecule has 0 aromatic rings. The maximum atomic E-state index is 12.4. The van der Waals surface area contributed by atoms with Gasteiger partial charge in [-0.3, -0.25) is 4.79 Å². The second kappa shape index (κ2) is 4.64. The lowest BCUT2D eigenvalue weighted by atomic mass is 9.83. The maximum absolute atomic E-state index is 12.4. The SMILES string of the molecule is C=C(C)CC[C@]12O[C@H](C=C1C)C(Cl)(Cl)C(=O)C2(Cl)Cl. The molecule has 0 amide bonds. The molecule has 19 heavy (non-hydrogen) atoms. The Morgan fingerprint density at radius 3 is 2.53 bits per heavy atom. The third-order valence-electron chi connectivity index (χ3n) is 3.72. The monoisotopic (exact) mass is 342 g/mol. The second-order valence-electron chi connectivity index (χ2n) is 5.20. The summed E-state index contributed by atoms with van der Waals surface area (Å²) in [4.78, 5) is 12.4. The van der Waals surface area contributed by atoms with Gasteiger partial charge in [-0.1, -0.05) is 58.1 Å². The lowest BCUT2D eigenvalue weighted by molar-refractivity contribution is -0.142. The van der Waals surface area contributed by atoms with Gasteiger partial charge in [0.05, 0.1) is 0 Å². The van der Waals surface area contributed by atoms with E-state index in [-0.39, 0.29) is 0 Å². The van der Waals surface area contributed by atoms with E-state index in [0.717, 1.165) is 11.1 Å². The second-order valence-corrected chi connectivity index (χ2v) is 7.91. The van der Waals surface area contributed by atoms with Gasteiger partial charge in [0, 0.05) is 0 Å². The van der Waals surface area contributed by atoms with Crippen LogP contribution in [0.2, 0.25) is 0 Å². The van der Waals surface area contributed by atoms with Gasteiger partial charge in [-0.05, 0) is 32.3 Å². The van der Waals surface area contributed by atoms with Crippen molar-refractivity contribution in [3.63, 3.8) is 0 Å². The van der Waals surface area contributed by atoms with Gasteiger partial charge in [0.1, 0.15) is 11.7 Å². The van der Waals surface area contributed by atoms with E-state index in [9.17, 15) is 4.79 Å². The minimum Gasteiger partial charge on any atom is -0.356 e. The zero-order valence-corrected chi connectivity index (χ0v) is 13.6. The third kappa shape index (κ3) is 2.08. The first-order valence-corrected chi connectivity index (χ1v) is 7.38. The van der Waals surface area contributed by atoms with Gasteiger partial charge in [-0.15, -0.1) is 6.58 Å². The van der Waals surface area contributed by atoms with Crippen molar-refractivity contribution >= 4 is 52.2 Å². The fraction of sp³-hybridized carbons (Fsp3) is 0.615. The van der Waals surface area contributed by atoms with Crippen molar-refractivity contribution in [2.75, 3.05) is 0 Å². The molecular formula is C13H14Cl4O2. The van der Waals surface area contributed by atoms with Crippen LogP contribution in [-0.2, 0) is 9.53 Å². The average molecular weight is 344 g/mol. The highest BCUT2D eigenvalue weighted by atomic mass is 35.5. The molecule has 2 nitrogen and oxygen atoms in total. The Morgan fingerprint density at radius 1 is 1.42 bits per heavy atom. The largest absolute Gasteiger partial charge is 0.356 e. The van der Waals surface area contributed by atoms with E-state index in [1.807, 2.05) is 13.8 Å². The van der Waals surface area contributed by atoms with Gasteiger partial charge in [0.25, 0.3) is 0 Å². The summed E-state index contributed by atoms with van der Waals surface area (Å²) in [5.41, 5.74) is 0.657. The van der Waals surface area contributed by atoms with Crippen molar-refractivity contribution < 1.29 is 9.53 Å². The van der Waals surface area contributed by atoms with Crippen LogP contribution < -0.4 is 0 Å². The molecule has 106 valence electrons. The molecule has 2 heterocycles. The molecule has 2 atom stereocenters. The van der Waals surface area contributed by atoms with Gasteiger partial charge >= 0.3 is 0 Å². The van der Waals surface area contributed by atoms with Gasteiger partial charge < -0.3 is 4.74 Å². The maximum Gasteiger partial charge on any atom is 0.211 e. The minimum atomic E-state index is -1.81. The zero-order chi connectivity index (χ0) is 14.6. The van der Waals surface area contributed by atoms with Crippen molar-refractivity contribution in [1.82, 2.24) is 0 Å². The van der Waals surface area contributed by atoms with Crippen molar-refractivity contribution in [3.8, 4) is 0 Å². The standard InChI is InChI=1S/C13H14Cl4O2/c1-7(2)4-5-11-8(3)6-9(19-11)12(14,15)10(18)13(11,16)17/h6,9H,1,4-5H2,2-3H3/t9-,11+/m1/s1. The highest BCUT2D eigenvalue weighted by Crippen LogP contribution is 2.59. The fourth-order valence-corrected chi connectivity index (χ4v) is 4.10. The summed E-state index contributed by atoms with van der Waals surface area (Å²) in [6.07, 6.45) is 2.11. The number of allylic oxidation sites excluding steroid dienone is 1. The number of halogens is 4. The summed E-state index contributed by atoms with van der Waals surface area (Å²) in [6.45, 7) is 7.55. The Bertz CT molecular complexity index is 481. The first-order valence-electron chi connectivity index (χ1n) is 5.87. The summed E-state index contributed by atoms with van der Waals surface area (Å²) in [6, 6.07) is 0. The number of carbonyl (C=O) groups excluding carboxylic acids is 1. The van der Waals surface area contributed by atoms with Crippen LogP contribution in [0.15, 0.2) is 23.8 Å². The van der Waals surface area contributed by atoms with Crippen LogP contribution in [0, 0.1) is 0 Å². The summed E-state index contributed by atoms with van der Waals surface area (Å²) >= 11 is 24.7.